The summed E-state index contributed by atoms with van der Waals surface area (Å²) in [5, 5.41) is 9.64. The molecule has 23 heavy (non-hydrogen) atoms. The first-order valence-corrected chi connectivity index (χ1v) is 8.40. The van der Waals surface area contributed by atoms with E-state index < -0.39 is 10.0 Å². The number of pyridine rings is 1. The van der Waals surface area contributed by atoms with Crippen molar-refractivity contribution in [3.8, 4) is 6.07 Å². The van der Waals surface area contributed by atoms with Crippen molar-refractivity contribution in [2.24, 2.45) is 0 Å². The Morgan fingerprint density at radius 2 is 1.96 bits per heavy atom. The zero-order valence-corrected chi connectivity index (χ0v) is 12.9. The molecule has 0 atom stereocenters. The number of benzene rings is 2. The molecule has 114 valence electrons. The molecule has 1 aromatic heterocycles. The normalized spacial score (nSPS) is 11.3. The smallest absolute Gasteiger partial charge is 0.240 e. The second-order valence-corrected chi connectivity index (χ2v) is 6.76. The van der Waals surface area contributed by atoms with E-state index in [2.05, 4.69) is 9.71 Å². The van der Waals surface area contributed by atoms with Gasteiger partial charge >= 0.3 is 0 Å². The third-order valence-electron chi connectivity index (χ3n) is 3.41. The van der Waals surface area contributed by atoms with E-state index in [9.17, 15) is 8.42 Å². The molecule has 3 aromatic rings. The molecule has 0 unspecified atom stereocenters. The number of nitriles is 1. The summed E-state index contributed by atoms with van der Waals surface area (Å²) in [5.74, 6) is 0. The van der Waals surface area contributed by atoms with Crippen LogP contribution in [0.4, 0.5) is 0 Å². The number of aromatic nitrogens is 1. The van der Waals surface area contributed by atoms with Crippen LogP contribution < -0.4 is 4.72 Å². The highest BCUT2D eigenvalue weighted by molar-refractivity contribution is 7.89. The lowest BCUT2D eigenvalue weighted by molar-refractivity contribution is 0.581. The molecule has 2 aromatic carbocycles. The second-order valence-electron chi connectivity index (χ2n) is 4.99. The van der Waals surface area contributed by atoms with E-state index in [1.807, 2.05) is 12.1 Å². The Bertz CT molecular complexity index is 1010. The van der Waals surface area contributed by atoms with Gasteiger partial charge in [0, 0.05) is 18.1 Å². The largest absolute Gasteiger partial charge is 0.256 e. The van der Waals surface area contributed by atoms with E-state index in [0.29, 0.717) is 5.56 Å². The van der Waals surface area contributed by atoms with Crippen molar-refractivity contribution in [1.29, 1.82) is 5.26 Å². The quantitative estimate of drug-likeness (QED) is 0.800. The maximum absolute atomic E-state index is 12.4. The molecule has 0 amide bonds. The van der Waals surface area contributed by atoms with Crippen LogP contribution >= 0.6 is 0 Å². The molecule has 0 aliphatic carbocycles. The molecule has 1 N–H and O–H groups in total. The number of nitrogens with one attached hydrogen (secondary N) is 1. The summed E-state index contributed by atoms with van der Waals surface area (Å²) in [7, 11) is -3.63. The Labute approximate surface area is 134 Å². The highest BCUT2D eigenvalue weighted by atomic mass is 32.2. The molecule has 0 aliphatic rings. The van der Waals surface area contributed by atoms with Gasteiger partial charge < -0.3 is 0 Å². The molecule has 0 fully saturated rings. The fraction of sp³-hybridized carbons (Fsp3) is 0.0588. The predicted molar refractivity (Wildman–Crippen MR) is 86.9 cm³/mol. The summed E-state index contributed by atoms with van der Waals surface area (Å²) >= 11 is 0. The van der Waals surface area contributed by atoms with Crippen LogP contribution in [0, 0.1) is 11.3 Å². The van der Waals surface area contributed by atoms with Gasteiger partial charge in [-0.05, 0) is 42.0 Å². The molecular formula is C17H13N3O2S. The summed E-state index contributed by atoms with van der Waals surface area (Å²) in [6.45, 7) is 0.128. The Hall–Kier alpha value is -2.75. The maximum Gasteiger partial charge on any atom is 0.240 e. The van der Waals surface area contributed by atoms with Gasteiger partial charge in [-0.3, -0.25) is 4.98 Å². The highest BCUT2D eigenvalue weighted by Crippen LogP contribution is 2.17. The first-order chi connectivity index (χ1) is 11.1. The molecule has 1 heterocycles. The first kappa shape index (κ1) is 15.2. The highest BCUT2D eigenvalue weighted by Gasteiger charge is 2.14. The number of hydrogen-bond donors (Lipinski definition) is 1. The van der Waals surface area contributed by atoms with Crippen molar-refractivity contribution < 1.29 is 8.42 Å². The summed E-state index contributed by atoms with van der Waals surface area (Å²) in [4.78, 5) is 4.36. The van der Waals surface area contributed by atoms with Crippen LogP contribution in [0.3, 0.4) is 0 Å². The molecule has 0 aliphatic heterocycles. The lowest BCUT2D eigenvalue weighted by atomic mass is 10.1. The summed E-state index contributed by atoms with van der Waals surface area (Å²) in [6.07, 6.45) is 1.66. The van der Waals surface area contributed by atoms with E-state index in [-0.39, 0.29) is 11.4 Å². The van der Waals surface area contributed by atoms with Crippen LogP contribution in [-0.2, 0) is 16.6 Å². The Morgan fingerprint density at radius 3 is 2.78 bits per heavy atom. The van der Waals surface area contributed by atoms with Gasteiger partial charge in [0.15, 0.2) is 0 Å². The summed E-state index contributed by atoms with van der Waals surface area (Å²) < 4.78 is 27.4. The van der Waals surface area contributed by atoms with E-state index >= 15 is 0 Å². The number of nitrogens with zero attached hydrogens (tertiary/aromatic N) is 2. The predicted octanol–water partition coefficient (Wildman–Crippen LogP) is 2.58. The number of fused-ring (bicyclic) bond motifs is 1. The van der Waals surface area contributed by atoms with Gasteiger partial charge in [0.2, 0.25) is 10.0 Å². The van der Waals surface area contributed by atoms with Gasteiger partial charge in [-0.25, -0.2) is 13.1 Å². The minimum absolute atomic E-state index is 0.128. The number of sulfonamides is 1. The van der Waals surface area contributed by atoms with Crippen molar-refractivity contribution in [3.05, 3.63) is 71.9 Å². The molecule has 0 saturated carbocycles. The van der Waals surface area contributed by atoms with Crippen LogP contribution in [-0.4, -0.2) is 13.4 Å². The average Bonchev–Trinajstić information content (AvgIpc) is 2.60. The van der Waals surface area contributed by atoms with E-state index in [4.69, 9.17) is 5.26 Å². The van der Waals surface area contributed by atoms with E-state index in [1.54, 1.807) is 48.7 Å². The minimum Gasteiger partial charge on any atom is -0.256 e. The fourth-order valence-electron chi connectivity index (χ4n) is 2.23. The van der Waals surface area contributed by atoms with Gasteiger partial charge in [0.25, 0.3) is 0 Å². The molecule has 6 heteroatoms. The zero-order chi connectivity index (χ0) is 16.3. The molecule has 0 spiro atoms. The van der Waals surface area contributed by atoms with Crippen LogP contribution in [0.25, 0.3) is 10.9 Å². The molecule has 0 radical (unpaired) electrons. The lowest BCUT2D eigenvalue weighted by Gasteiger charge is -2.08. The third-order valence-corrected chi connectivity index (χ3v) is 4.81. The van der Waals surface area contributed by atoms with Gasteiger partial charge in [0.1, 0.15) is 0 Å². The zero-order valence-electron chi connectivity index (χ0n) is 12.1. The molecule has 0 saturated heterocycles. The Balaban J connectivity index is 1.84. The van der Waals surface area contributed by atoms with Crippen LogP contribution in [0.15, 0.2) is 65.7 Å². The van der Waals surface area contributed by atoms with Crippen LogP contribution in [0.1, 0.15) is 11.1 Å². The van der Waals surface area contributed by atoms with Gasteiger partial charge in [-0.2, -0.15) is 5.26 Å². The molecular weight excluding hydrogens is 310 g/mol. The SMILES string of the molecule is N#Cc1cccc(CNS(=O)(=O)c2ccc3ncccc3c2)c1. The molecule has 0 bridgehead atoms. The van der Waals surface area contributed by atoms with Crippen molar-refractivity contribution in [1.82, 2.24) is 9.71 Å². The van der Waals surface area contributed by atoms with E-state index in [1.165, 1.54) is 6.07 Å². The Morgan fingerprint density at radius 1 is 1.09 bits per heavy atom. The van der Waals surface area contributed by atoms with Gasteiger partial charge in [0.05, 0.1) is 22.0 Å². The lowest BCUT2D eigenvalue weighted by Crippen LogP contribution is -2.23. The number of hydrogen-bond acceptors (Lipinski definition) is 4. The first-order valence-electron chi connectivity index (χ1n) is 6.92. The van der Waals surface area contributed by atoms with Crippen molar-refractivity contribution in [2.75, 3.05) is 0 Å². The average molecular weight is 323 g/mol. The van der Waals surface area contributed by atoms with E-state index in [0.717, 1.165) is 16.5 Å². The van der Waals surface area contributed by atoms with Gasteiger partial charge in [-0.15, -0.1) is 0 Å². The van der Waals surface area contributed by atoms with Crippen molar-refractivity contribution in [2.45, 2.75) is 11.4 Å². The number of rotatable bonds is 4. The minimum atomic E-state index is -3.63. The van der Waals surface area contributed by atoms with Crippen LogP contribution in [0.5, 0.6) is 0 Å². The monoisotopic (exact) mass is 323 g/mol. The molecule has 3 rings (SSSR count). The Kier molecular flexibility index (Phi) is 4.06. The maximum atomic E-state index is 12.4. The summed E-state index contributed by atoms with van der Waals surface area (Å²) in [5.41, 5.74) is 1.97. The second kappa shape index (κ2) is 6.16. The standard InChI is InChI=1S/C17H13N3O2S/c18-11-13-3-1-4-14(9-13)12-20-23(21,22)16-6-7-17-15(10-16)5-2-8-19-17/h1-10,20H,12H2. The van der Waals surface area contributed by atoms with Crippen LogP contribution in [0.2, 0.25) is 0 Å². The summed E-state index contributed by atoms with van der Waals surface area (Å²) in [6, 6.07) is 17.3. The van der Waals surface area contributed by atoms with Crippen molar-refractivity contribution >= 4 is 20.9 Å². The van der Waals surface area contributed by atoms with Crippen molar-refractivity contribution in [3.63, 3.8) is 0 Å². The third kappa shape index (κ3) is 3.37. The molecule has 5 nitrogen and oxygen atoms in total. The topological polar surface area (TPSA) is 82.9 Å². The fourth-order valence-corrected chi connectivity index (χ4v) is 3.29. The van der Waals surface area contributed by atoms with Gasteiger partial charge in [-0.1, -0.05) is 18.2 Å².